The van der Waals surface area contributed by atoms with Gasteiger partial charge in [-0.15, -0.1) is 24.0 Å². The lowest BCUT2D eigenvalue weighted by atomic mass is 10.2. The second-order valence-electron chi connectivity index (χ2n) is 6.83. The van der Waals surface area contributed by atoms with E-state index in [9.17, 15) is 9.50 Å². The van der Waals surface area contributed by atoms with Gasteiger partial charge in [0.05, 0.1) is 6.54 Å². The van der Waals surface area contributed by atoms with Crippen molar-refractivity contribution in [1.82, 2.24) is 15.5 Å². The largest absolute Gasteiger partial charge is 0.505 e. The molecule has 0 aromatic heterocycles. The minimum absolute atomic E-state index is 0. The molecule has 1 aliphatic heterocycles. The van der Waals surface area contributed by atoms with Crippen molar-refractivity contribution in [2.75, 3.05) is 13.1 Å². The van der Waals surface area contributed by atoms with Crippen molar-refractivity contribution >= 4 is 29.9 Å². The number of hydrogen-bond donors (Lipinski definition) is 3. The van der Waals surface area contributed by atoms with E-state index in [0.29, 0.717) is 18.6 Å². The number of likely N-dealkylation sites (tertiary alicyclic amines) is 1. The van der Waals surface area contributed by atoms with Crippen molar-refractivity contribution in [1.29, 1.82) is 0 Å². The van der Waals surface area contributed by atoms with Crippen LogP contribution in [0.1, 0.15) is 38.7 Å². The van der Waals surface area contributed by atoms with Crippen LogP contribution in [0.5, 0.6) is 5.75 Å². The van der Waals surface area contributed by atoms with Crippen LogP contribution in [0.2, 0.25) is 0 Å². The first-order chi connectivity index (χ1) is 11.6. The van der Waals surface area contributed by atoms with Crippen LogP contribution in [0.3, 0.4) is 0 Å². The molecule has 1 aromatic carbocycles. The molecule has 2 atom stereocenters. The Kier molecular flexibility index (Phi) is 7.30. The van der Waals surface area contributed by atoms with Gasteiger partial charge in [-0.3, -0.25) is 4.90 Å². The number of phenolic OH excluding ortho intramolecular Hbond substituents is 1. The predicted octanol–water partition coefficient (Wildman–Crippen LogP) is 2.83. The summed E-state index contributed by atoms with van der Waals surface area (Å²) in [7, 11) is 0. The van der Waals surface area contributed by atoms with Crippen LogP contribution in [0.15, 0.2) is 23.2 Å². The van der Waals surface area contributed by atoms with Gasteiger partial charge < -0.3 is 15.7 Å². The first kappa shape index (κ1) is 20.2. The standard InChI is InChI=1S/C18H27FN4O.HI/c1-3-20-18(21-10-13-4-7-17(24)16(19)9-13)22-14-8-12(2)23(11-14)15-5-6-15;/h4,7,9,12,14-15,24H,3,5-6,8,10-11H2,1-2H3,(H2,20,21,22);1H. The van der Waals surface area contributed by atoms with E-state index in [4.69, 9.17) is 0 Å². The molecule has 1 heterocycles. The molecule has 1 saturated carbocycles. The molecule has 0 amide bonds. The zero-order valence-electron chi connectivity index (χ0n) is 14.8. The normalized spacial score (nSPS) is 24.0. The van der Waals surface area contributed by atoms with Gasteiger partial charge >= 0.3 is 0 Å². The quantitative estimate of drug-likeness (QED) is 0.358. The maximum absolute atomic E-state index is 13.4. The van der Waals surface area contributed by atoms with Gasteiger partial charge in [0.25, 0.3) is 0 Å². The molecule has 1 aromatic rings. The molecule has 3 rings (SSSR count). The fourth-order valence-electron chi connectivity index (χ4n) is 3.41. The van der Waals surface area contributed by atoms with Gasteiger partial charge in [-0.2, -0.15) is 0 Å². The van der Waals surface area contributed by atoms with E-state index in [1.807, 2.05) is 6.92 Å². The first-order valence-electron chi connectivity index (χ1n) is 8.84. The monoisotopic (exact) mass is 462 g/mol. The van der Waals surface area contributed by atoms with Gasteiger partial charge in [-0.05, 0) is 50.8 Å². The van der Waals surface area contributed by atoms with Gasteiger partial charge in [0, 0.05) is 31.2 Å². The molecule has 0 spiro atoms. The number of rotatable bonds is 5. The Bertz CT molecular complexity index is 609. The lowest BCUT2D eigenvalue weighted by Crippen LogP contribution is -2.44. The van der Waals surface area contributed by atoms with Gasteiger partial charge in [-0.1, -0.05) is 6.07 Å². The highest BCUT2D eigenvalue weighted by atomic mass is 127. The minimum Gasteiger partial charge on any atom is -0.505 e. The van der Waals surface area contributed by atoms with Gasteiger partial charge in [0.2, 0.25) is 0 Å². The molecular formula is C18H28FIN4O. The molecule has 7 heteroatoms. The second kappa shape index (κ2) is 9.02. The van der Waals surface area contributed by atoms with E-state index in [-0.39, 0.29) is 29.7 Å². The Morgan fingerprint density at radius 1 is 1.40 bits per heavy atom. The number of nitrogens with zero attached hydrogens (tertiary/aromatic N) is 2. The number of halogens is 2. The molecule has 0 bridgehead atoms. The third-order valence-corrected chi connectivity index (χ3v) is 4.76. The van der Waals surface area contributed by atoms with E-state index < -0.39 is 5.82 Å². The van der Waals surface area contributed by atoms with E-state index in [0.717, 1.165) is 37.1 Å². The highest BCUT2D eigenvalue weighted by Crippen LogP contribution is 2.33. The first-order valence-corrected chi connectivity index (χ1v) is 8.84. The number of guanidine groups is 1. The Balaban J connectivity index is 0.00000225. The van der Waals surface area contributed by atoms with E-state index >= 15 is 0 Å². The Morgan fingerprint density at radius 3 is 2.80 bits per heavy atom. The number of phenols is 1. The maximum Gasteiger partial charge on any atom is 0.191 e. The molecule has 5 nitrogen and oxygen atoms in total. The van der Waals surface area contributed by atoms with E-state index in [2.05, 4.69) is 27.4 Å². The Hall–Kier alpha value is -1.09. The molecule has 1 saturated heterocycles. The summed E-state index contributed by atoms with van der Waals surface area (Å²) in [6.07, 6.45) is 3.78. The number of aromatic hydroxyl groups is 1. The van der Waals surface area contributed by atoms with Crippen LogP contribution in [0, 0.1) is 5.82 Å². The van der Waals surface area contributed by atoms with Gasteiger partial charge in [0.15, 0.2) is 17.5 Å². The number of nitrogens with one attached hydrogen (secondary N) is 2. The summed E-state index contributed by atoms with van der Waals surface area (Å²) in [5.74, 6) is -0.168. The number of hydrogen-bond acceptors (Lipinski definition) is 3. The summed E-state index contributed by atoms with van der Waals surface area (Å²) in [6, 6.07) is 6.19. The SMILES string of the molecule is CCNC(=NCc1ccc(O)c(F)c1)NC1CC(C)N(C2CC2)C1.I. The van der Waals surface area contributed by atoms with Crippen molar-refractivity contribution < 1.29 is 9.50 Å². The lowest BCUT2D eigenvalue weighted by molar-refractivity contribution is 0.256. The Labute approximate surface area is 166 Å². The number of aliphatic imine (C=N–C) groups is 1. The molecule has 3 N–H and O–H groups in total. The van der Waals surface area contributed by atoms with Crippen LogP contribution in [0.25, 0.3) is 0 Å². The predicted molar refractivity (Wildman–Crippen MR) is 109 cm³/mol. The summed E-state index contributed by atoms with van der Waals surface area (Å²) in [6.45, 7) is 6.55. The highest BCUT2D eigenvalue weighted by molar-refractivity contribution is 14.0. The second-order valence-corrected chi connectivity index (χ2v) is 6.83. The molecule has 140 valence electrons. The summed E-state index contributed by atoms with van der Waals surface area (Å²) >= 11 is 0. The topological polar surface area (TPSA) is 59.9 Å². The van der Waals surface area contributed by atoms with Crippen molar-refractivity contribution in [2.45, 2.75) is 57.8 Å². The fraction of sp³-hybridized carbons (Fsp3) is 0.611. The lowest BCUT2D eigenvalue weighted by Gasteiger charge is -2.20. The zero-order valence-corrected chi connectivity index (χ0v) is 17.2. The summed E-state index contributed by atoms with van der Waals surface area (Å²) in [4.78, 5) is 7.15. The van der Waals surface area contributed by atoms with Crippen molar-refractivity contribution in [3.8, 4) is 5.75 Å². The third-order valence-electron chi connectivity index (χ3n) is 4.76. The molecule has 2 fully saturated rings. The van der Waals surface area contributed by atoms with Crippen LogP contribution >= 0.6 is 24.0 Å². The number of benzene rings is 1. The van der Waals surface area contributed by atoms with Crippen molar-refractivity contribution in [2.24, 2.45) is 4.99 Å². The zero-order chi connectivity index (χ0) is 17.1. The van der Waals surface area contributed by atoms with Crippen molar-refractivity contribution in [3.63, 3.8) is 0 Å². The van der Waals surface area contributed by atoms with E-state index in [1.54, 1.807) is 6.07 Å². The third kappa shape index (κ3) is 5.44. The van der Waals surface area contributed by atoms with Gasteiger partial charge in [-0.25, -0.2) is 9.38 Å². The molecule has 25 heavy (non-hydrogen) atoms. The van der Waals surface area contributed by atoms with Crippen LogP contribution in [-0.4, -0.2) is 47.2 Å². The van der Waals surface area contributed by atoms with Crippen LogP contribution in [0.4, 0.5) is 4.39 Å². The molecular weight excluding hydrogens is 434 g/mol. The smallest absolute Gasteiger partial charge is 0.191 e. The molecule has 2 unspecified atom stereocenters. The van der Waals surface area contributed by atoms with Crippen LogP contribution in [-0.2, 0) is 6.54 Å². The molecule has 0 radical (unpaired) electrons. The summed E-state index contributed by atoms with van der Waals surface area (Å²) in [5.41, 5.74) is 0.738. The molecule has 2 aliphatic rings. The van der Waals surface area contributed by atoms with E-state index in [1.165, 1.54) is 25.0 Å². The average Bonchev–Trinajstić information content (AvgIpc) is 3.32. The maximum atomic E-state index is 13.4. The average molecular weight is 462 g/mol. The summed E-state index contributed by atoms with van der Waals surface area (Å²) < 4.78 is 13.4. The minimum atomic E-state index is -0.606. The summed E-state index contributed by atoms with van der Waals surface area (Å²) in [5, 5.41) is 16.0. The van der Waals surface area contributed by atoms with Crippen LogP contribution < -0.4 is 10.6 Å². The Morgan fingerprint density at radius 2 is 2.16 bits per heavy atom. The fourth-order valence-corrected chi connectivity index (χ4v) is 3.41. The molecule has 1 aliphatic carbocycles. The van der Waals surface area contributed by atoms with Crippen molar-refractivity contribution in [3.05, 3.63) is 29.6 Å². The van der Waals surface area contributed by atoms with Gasteiger partial charge in [0.1, 0.15) is 0 Å². The highest BCUT2D eigenvalue weighted by Gasteiger charge is 2.38.